The fraction of sp³-hybridized carbons (Fsp3) is 0.417. The average Bonchev–Trinajstić information content (AvgIpc) is 2.27. The minimum absolute atomic E-state index is 0.127. The van der Waals surface area contributed by atoms with Gasteiger partial charge in [-0.15, -0.1) is 13.2 Å². The number of benzene rings is 1. The van der Waals surface area contributed by atoms with Crippen LogP contribution in [-0.2, 0) is 9.53 Å². The Morgan fingerprint density at radius 1 is 1.28 bits per heavy atom. The van der Waals surface area contributed by atoms with Gasteiger partial charge in [0.1, 0.15) is 5.75 Å². The topological polar surface area (TPSA) is 35.5 Å². The zero-order valence-corrected chi connectivity index (χ0v) is 9.95. The van der Waals surface area contributed by atoms with E-state index in [1.165, 1.54) is 31.4 Å². The van der Waals surface area contributed by atoms with Gasteiger partial charge in [-0.1, -0.05) is 19.1 Å². The molecular weight excluding hydrogens is 249 g/mol. The summed E-state index contributed by atoms with van der Waals surface area (Å²) in [6.07, 6.45) is -4.52. The molecule has 0 saturated heterocycles. The van der Waals surface area contributed by atoms with Crippen molar-refractivity contribution in [3.8, 4) is 5.75 Å². The van der Waals surface area contributed by atoms with E-state index < -0.39 is 6.36 Å². The fourth-order valence-electron chi connectivity index (χ4n) is 1.45. The summed E-state index contributed by atoms with van der Waals surface area (Å²) < 4.78 is 44.1. The maximum absolute atomic E-state index is 11.9. The lowest BCUT2D eigenvalue weighted by Crippen LogP contribution is -2.17. The van der Waals surface area contributed by atoms with Crippen molar-refractivity contribution in [2.45, 2.75) is 25.6 Å². The number of carbonyl (C=O) groups is 1. The van der Waals surface area contributed by atoms with Crippen molar-refractivity contribution in [1.29, 1.82) is 0 Å². The van der Waals surface area contributed by atoms with Gasteiger partial charge in [0, 0.05) is 0 Å². The van der Waals surface area contributed by atoms with Crippen LogP contribution in [0.2, 0.25) is 0 Å². The molecule has 0 aliphatic heterocycles. The van der Waals surface area contributed by atoms with Gasteiger partial charge in [-0.3, -0.25) is 4.79 Å². The molecule has 0 aromatic heterocycles. The predicted molar refractivity (Wildman–Crippen MR) is 58.2 cm³/mol. The molecule has 1 rings (SSSR count). The highest BCUT2D eigenvalue weighted by Crippen LogP contribution is 2.26. The lowest BCUT2D eigenvalue weighted by molar-refractivity contribution is -0.274. The number of hydrogen-bond donors (Lipinski definition) is 0. The number of ether oxygens (including phenoxy) is 2. The summed E-state index contributed by atoms with van der Waals surface area (Å²) >= 11 is 0. The van der Waals surface area contributed by atoms with Crippen molar-refractivity contribution in [2.24, 2.45) is 0 Å². The van der Waals surface area contributed by atoms with Gasteiger partial charge < -0.3 is 9.47 Å². The van der Waals surface area contributed by atoms with Gasteiger partial charge in [0.05, 0.1) is 13.5 Å². The van der Waals surface area contributed by atoms with Crippen LogP contribution in [0.15, 0.2) is 24.3 Å². The van der Waals surface area contributed by atoms with Crippen molar-refractivity contribution in [2.75, 3.05) is 7.11 Å². The standard InChI is InChI=1S/C12H13F3O3/c1-8(7-11(16)17-2)9-3-5-10(6-4-9)18-12(13,14)15/h3-6,8H,7H2,1-2H3. The average molecular weight is 262 g/mol. The summed E-state index contributed by atoms with van der Waals surface area (Å²) in [5.74, 6) is -0.771. The third kappa shape index (κ3) is 4.65. The highest BCUT2D eigenvalue weighted by molar-refractivity contribution is 5.70. The van der Waals surface area contributed by atoms with Gasteiger partial charge >= 0.3 is 12.3 Å². The third-order valence-corrected chi connectivity index (χ3v) is 2.38. The van der Waals surface area contributed by atoms with E-state index in [4.69, 9.17) is 0 Å². The van der Waals surface area contributed by atoms with E-state index in [0.29, 0.717) is 0 Å². The molecule has 0 fully saturated rings. The van der Waals surface area contributed by atoms with Crippen molar-refractivity contribution in [3.05, 3.63) is 29.8 Å². The first-order valence-corrected chi connectivity index (χ1v) is 5.24. The zero-order chi connectivity index (χ0) is 13.8. The molecule has 0 heterocycles. The largest absolute Gasteiger partial charge is 0.573 e. The summed E-state index contributed by atoms with van der Waals surface area (Å²) in [4.78, 5) is 11.1. The van der Waals surface area contributed by atoms with Crippen molar-refractivity contribution >= 4 is 5.97 Å². The van der Waals surface area contributed by atoms with Gasteiger partial charge in [-0.2, -0.15) is 0 Å². The van der Waals surface area contributed by atoms with Crippen molar-refractivity contribution < 1.29 is 27.4 Å². The lowest BCUT2D eigenvalue weighted by Gasteiger charge is -2.12. The number of esters is 1. The Labute approximate surface area is 103 Å². The van der Waals surface area contributed by atoms with E-state index in [1.807, 2.05) is 0 Å². The molecule has 0 radical (unpaired) electrons. The molecule has 0 N–H and O–H groups in total. The van der Waals surface area contributed by atoms with E-state index in [0.717, 1.165) is 5.56 Å². The molecule has 0 bridgehead atoms. The summed E-state index contributed by atoms with van der Waals surface area (Å²) in [6, 6.07) is 5.43. The minimum atomic E-state index is -4.70. The number of hydrogen-bond acceptors (Lipinski definition) is 3. The molecule has 6 heteroatoms. The maximum atomic E-state index is 11.9. The zero-order valence-electron chi connectivity index (χ0n) is 9.95. The van der Waals surface area contributed by atoms with Crippen LogP contribution in [0.25, 0.3) is 0 Å². The van der Waals surface area contributed by atoms with Gasteiger partial charge in [0.15, 0.2) is 0 Å². The molecular formula is C12H13F3O3. The predicted octanol–water partition coefficient (Wildman–Crippen LogP) is 3.25. The number of carbonyl (C=O) groups excluding carboxylic acids is 1. The highest BCUT2D eigenvalue weighted by atomic mass is 19.4. The Hall–Kier alpha value is -1.72. The summed E-state index contributed by atoms with van der Waals surface area (Å²) in [6.45, 7) is 1.79. The molecule has 0 saturated carbocycles. The Balaban J connectivity index is 2.67. The SMILES string of the molecule is COC(=O)CC(C)c1ccc(OC(F)(F)F)cc1. The number of alkyl halides is 3. The van der Waals surface area contributed by atoms with Crippen LogP contribution in [0.5, 0.6) is 5.75 Å². The fourth-order valence-corrected chi connectivity index (χ4v) is 1.45. The van der Waals surface area contributed by atoms with Crippen LogP contribution in [-0.4, -0.2) is 19.4 Å². The summed E-state index contributed by atoms with van der Waals surface area (Å²) in [5, 5.41) is 0. The quantitative estimate of drug-likeness (QED) is 0.781. The van der Waals surface area contributed by atoms with Crippen LogP contribution in [0, 0.1) is 0 Å². The first-order valence-electron chi connectivity index (χ1n) is 5.24. The second kappa shape index (κ2) is 5.75. The van der Waals surface area contributed by atoms with Crippen molar-refractivity contribution in [1.82, 2.24) is 0 Å². The molecule has 1 aromatic carbocycles. The van der Waals surface area contributed by atoms with Gasteiger partial charge in [-0.25, -0.2) is 0 Å². The molecule has 0 aliphatic carbocycles. The van der Waals surface area contributed by atoms with Crippen LogP contribution >= 0.6 is 0 Å². The van der Waals surface area contributed by atoms with Crippen LogP contribution < -0.4 is 4.74 Å². The molecule has 0 amide bonds. The smallest absolute Gasteiger partial charge is 0.469 e. The van der Waals surface area contributed by atoms with E-state index in [2.05, 4.69) is 9.47 Å². The lowest BCUT2D eigenvalue weighted by atomic mass is 9.98. The molecule has 1 aromatic rings. The number of halogens is 3. The first kappa shape index (κ1) is 14.3. The minimum Gasteiger partial charge on any atom is -0.469 e. The molecule has 18 heavy (non-hydrogen) atoms. The summed E-state index contributed by atoms with van der Waals surface area (Å²) in [5.41, 5.74) is 0.745. The van der Waals surface area contributed by atoms with Crippen LogP contribution in [0.1, 0.15) is 24.8 Å². The Kier molecular flexibility index (Phi) is 4.58. The normalized spacial score (nSPS) is 12.9. The monoisotopic (exact) mass is 262 g/mol. The maximum Gasteiger partial charge on any atom is 0.573 e. The number of methoxy groups -OCH3 is 1. The van der Waals surface area contributed by atoms with E-state index in [-0.39, 0.29) is 24.1 Å². The summed E-state index contributed by atoms with van der Waals surface area (Å²) in [7, 11) is 1.29. The molecule has 0 spiro atoms. The Morgan fingerprint density at radius 3 is 2.28 bits per heavy atom. The highest BCUT2D eigenvalue weighted by Gasteiger charge is 2.31. The molecule has 1 atom stereocenters. The van der Waals surface area contributed by atoms with Crippen molar-refractivity contribution in [3.63, 3.8) is 0 Å². The van der Waals surface area contributed by atoms with Crippen LogP contribution in [0.3, 0.4) is 0 Å². The molecule has 0 aliphatic rings. The van der Waals surface area contributed by atoms with Gasteiger partial charge in [-0.05, 0) is 23.6 Å². The van der Waals surface area contributed by atoms with Gasteiger partial charge in [0.25, 0.3) is 0 Å². The molecule has 1 unspecified atom stereocenters. The Morgan fingerprint density at radius 2 is 1.83 bits per heavy atom. The number of rotatable bonds is 4. The van der Waals surface area contributed by atoms with E-state index >= 15 is 0 Å². The molecule has 100 valence electrons. The van der Waals surface area contributed by atoms with E-state index in [9.17, 15) is 18.0 Å². The van der Waals surface area contributed by atoms with Gasteiger partial charge in [0.2, 0.25) is 0 Å². The third-order valence-electron chi connectivity index (χ3n) is 2.38. The second-order valence-electron chi connectivity index (χ2n) is 3.80. The van der Waals surface area contributed by atoms with Crippen LogP contribution in [0.4, 0.5) is 13.2 Å². The molecule has 3 nitrogen and oxygen atoms in total. The first-order chi connectivity index (χ1) is 8.31. The second-order valence-corrected chi connectivity index (χ2v) is 3.80. The van der Waals surface area contributed by atoms with E-state index in [1.54, 1.807) is 6.92 Å². The Bertz CT molecular complexity index is 398.